The first-order valence-corrected chi connectivity index (χ1v) is 9.20. The molecule has 6 heteroatoms. The average molecular weight is 345 g/mol. The minimum absolute atomic E-state index is 0.0980. The fraction of sp³-hybridized carbons (Fsp3) is 0.556. The number of rotatable bonds is 4. The van der Waals surface area contributed by atoms with Crippen LogP contribution in [0.4, 0.5) is 0 Å². The van der Waals surface area contributed by atoms with Gasteiger partial charge in [-0.05, 0) is 39.7 Å². The highest BCUT2D eigenvalue weighted by Gasteiger charge is 2.24. The summed E-state index contributed by atoms with van der Waals surface area (Å²) in [4.78, 5) is 30.6. The fourth-order valence-electron chi connectivity index (χ4n) is 2.88. The Kier molecular flexibility index (Phi) is 6.38. The maximum atomic E-state index is 12.7. The molecule has 24 heavy (non-hydrogen) atoms. The molecule has 1 amide bonds. The number of thioether (sulfide) groups is 1. The first-order valence-electron chi connectivity index (χ1n) is 8.32. The lowest BCUT2D eigenvalue weighted by atomic mass is 10.1. The third-order valence-corrected chi connectivity index (χ3v) is 5.32. The zero-order valence-electron chi connectivity index (χ0n) is 14.5. The number of nitrogens with zero attached hydrogens (tertiary/aromatic N) is 3. The van der Waals surface area contributed by atoms with Gasteiger partial charge >= 0.3 is 0 Å². The van der Waals surface area contributed by atoms with Gasteiger partial charge in [-0.25, -0.2) is 4.98 Å². The van der Waals surface area contributed by atoms with E-state index >= 15 is 0 Å². The summed E-state index contributed by atoms with van der Waals surface area (Å²) in [6.45, 7) is 6.69. The smallest absolute Gasteiger partial charge is 0.235 e. The fourth-order valence-corrected chi connectivity index (χ4v) is 3.88. The van der Waals surface area contributed by atoms with Gasteiger partial charge in [-0.1, -0.05) is 24.6 Å². The van der Waals surface area contributed by atoms with Crippen LogP contribution >= 0.6 is 11.8 Å². The van der Waals surface area contributed by atoms with Crippen LogP contribution in [0.2, 0.25) is 0 Å². The van der Waals surface area contributed by atoms with E-state index < -0.39 is 0 Å². The standard InChI is InChI=1S/C18H23N3O2S/c1-12-16(13(2)22)10-15(11-19)17(20-12)24-14(3)18(23)21-8-6-4-5-7-9-21/h10,14H,4-9H2,1-3H3. The number of carbonyl (C=O) groups is 2. The second-order valence-electron chi connectivity index (χ2n) is 6.14. The third-order valence-electron chi connectivity index (χ3n) is 4.23. The van der Waals surface area contributed by atoms with Crippen LogP contribution < -0.4 is 0 Å². The molecule has 2 rings (SSSR count). The molecule has 0 spiro atoms. The molecular formula is C18H23N3O2S. The van der Waals surface area contributed by atoms with Crippen LogP contribution in [0.1, 0.15) is 61.1 Å². The molecule has 128 valence electrons. The summed E-state index contributed by atoms with van der Waals surface area (Å²) < 4.78 is 0. The maximum Gasteiger partial charge on any atom is 0.235 e. The summed E-state index contributed by atoms with van der Waals surface area (Å²) in [7, 11) is 0. The van der Waals surface area contributed by atoms with Crippen molar-refractivity contribution < 1.29 is 9.59 Å². The predicted octanol–water partition coefficient (Wildman–Crippen LogP) is 3.35. The number of amides is 1. The monoisotopic (exact) mass is 345 g/mol. The van der Waals surface area contributed by atoms with Crippen molar-refractivity contribution in [2.75, 3.05) is 13.1 Å². The topological polar surface area (TPSA) is 74.1 Å². The Morgan fingerprint density at radius 3 is 2.46 bits per heavy atom. The van der Waals surface area contributed by atoms with Crippen LogP contribution in [-0.4, -0.2) is 39.9 Å². The van der Waals surface area contributed by atoms with Gasteiger partial charge in [0.1, 0.15) is 11.1 Å². The van der Waals surface area contributed by atoms with Crippen LogP contribution in [0.25, 0.3) is 0 Å². The summed E-state index contributed by atoms with van der Waals surface area (Å²) in [6, 6.07) is 3.67. The highest BCUT2D eigenvalue weighted by atomic mass is 32.2. The van der Waals surface area contributed by atoms with Crippen molar-refractivity contribution in [1.29, 1.82) is 5.26 Å². The first-order chi connectivity index (χ1) is 11.4. The highest BCUT2D eigenvalue weighted by molar-refractivity contribution is 8.00. The number of carbonyl (C=O) groups excluding carboxylic acids is 2. The van der Waals surface area contributed by atoms with Crippen molar-refractivity contribution in [2.24, 2.45) is 0 Å². The van der Waals surface area contributed by atoms with E-state index in [1.54, 1.807) is 13.0 Å². The molecule has 0 aliphatic carbocycles. The molecule has 1 aromatic rings. The third kappa shape index (κ3) is 4.35. The van der Waals surface area contributed by atoms with Crippen LogP contribution in [-0.2, 0) is 4.79 Å². The molecular weight excluding hydrogens is 322 g/mol. The minimum atomic E-state index is -0.301. The van der Waals surface area contributed by atoms with Gasteiger partial charge < -0.3 is 4.90 Å². The summed E-state index contributed by atoms with van der Waals surface area (Å²) in [5.41, 5.74) is 1.41. The van der Waals surface area contributed by atoms with E-state index in [2.05, 4.69) is 11.1 Å². The number of hydrogen-bond acceptors (Lipinski definition) is 5. The van der Waals surface area contributed by atoms with Crippen molar-refractivity contribution in [2.45, 2.75) is 56.7 Å². The normalized spacial score (nSPS) is 16.2. The second kappa shape index (κ2) is 8.29. The van der Waals surface area contributed by atoms with Gasteiger partial charge in [-0.15, -0.1) is 0 Å². The van der Waals surface area contributed by atoms with E-state index in [1.165, 1.54) is 31.5 Å². The second-order valence-corrected chi connectivity index (χ2v) is 7.47. The number of hydrogen-bond donors (Lipinski definition) is 0. The van der Waals surface area contributed by atoms with Gasteiger partial charge in [0.15, 0.2) is 5.78 Å². The number of likely N-dealkylation sites (tertiary alicyclic amines) is 1. The van der Waals surface area contributed by atoms with E-state index in [1.807, 2.05) is 11.8 Å². The number of pyridine rings is 1. The SMILES string of the molecule is CC(=O)c1cc(C#N)c(SC(C)C(=O)N2CCCCCC2)nc1C. The quantitative estimate of drug-likeness (QED) is 0.618. The van der Waals surface area contributed by atoms with Gasteiger partial charge in [-0.3, -0.25) is 9.59 Å². The lowest BCUT2D eigenvalue weighted by molar-refractivity contribution is -0.130. The Bertz CT molecular complexity index is 674. The van der Waals surface area contributed by atoms with Gasteiger partial charge in [0, 0.05) is 24.3 Å². The largest absolute Gasteiger partial charge is 0.342 e. The zero-order chi connectivity index (χ0) is 17.7. The summed E-state index contributed by atoms with van der Waals surface area (Å²) in [5.74, 6) is -0.0115. The van der Waals surface area contributed by atoms with Crippen LogP contribution in [0, 0.1) is 18.3 Å². The Labute approximate surface area is 147 Å². The van der Waals surface area contributed by atoms with E-state index in [9.17, 15) is 14.9 Å². The molecule has 1 atom stereocenters. The van der Waals surface area contributed by atoms with E-state index in [0.29, 0.717) is 21.8 Å². The van der Waals surface area contributed by atoms with E-state index in [4.69, 9.17) is 0 Å². The Morgan fingerprint density at radius 1 is 1.29 bits per heavy atom. The molecule has 0 bridgehead atoms. The molecule has 1 fully saturated rings. The molecule has 1 aliphatic rings. The molecule has 1 unspecified atom stereocenters. The van der Waals surface area contributed by atoms with Crippen LogP contribution in [0.3, 0.4) is 0 Å². The number of Topliss-reactive ketones (excluding diaryl/α,β-unsaturated/α-hetero) is 1. The van der Waals surface area contributed by atoms with Crippen LogP contribution in [0.15, 0.2) is 11.1 Å². The number of aromatic nitrogens is 1. The Hall–Kier alpha value is -1.87. The molecule has 0 aromatic carbocycles. The first kappa shape index (κ1) is 18.5. The molecule has 0 radical (unpaired) electrons. The lowest BCUT2D eigenvalue weighted by Gasteiger charge is -2.24. The molecule has 0 saturated carbocycles. The number of ketones is 1. The highest BCUT2D eigenvalue weighted by Crippen LogP contribution is 2.28. The zero-order valence-corrected chi connectivity index (χ0v) is 15.3. The van der Waals surface area contributed by atoms with Crippen molar-refractivity contribution in [1.82, 2.24) is 9.88 Å². The van der Waals surface area contributed by atoms with Crippen LogP contribution in [0.5, 0.6) is 0 Å². The lowest BCUT2D eigenvalue weighted by Crippen LogP contribution is -2.37. The molecule has 5 nitrogen and oxygen atoms in total. The van der Waals surface area contributed by atoms with E-state index in [0.717, 1.165) is 25.9 Å². The molecule has 0 N–H and O–H groups in total. The molecule has 1 aliphatic heterocycles. The molecule has 1 aromatic heterocycles. The van der Waals surface area contributed by atoms with Crippen molar-refractivity contribution in [3.63, 3.8) is 0 Å². The Balaban J connectivity index is 2.17. The predicted molar refractivity (Wildman–Crippen MR) is 94.1 cm³/mol. The van der Waals surface area contributed by atoms with Gasteiger partial charge in [-0.2, -0.15) is 5.26 Å². The summed E-state index contributed by atoms with van der Waals surface area (Å²) in [6.07, 6.45) is 4.46. The molecule has 2 heterocycles. The number of aryl methyl sites for hydroxylation is 1. The van der Waals surface area contributed by atoms with E-state index in [-0.39, 0.29) is 16.9 Å². The van der Waals surface area contributed by atoms with Gasteiger partial charge in [0.05, 0.1) is 10.8 Å². The number of nitriles is 1. The van der Waals surface area contributed by atoms with Crippen molar-refractivity contribution >= 4 is 23.5 Å². The molecule has 1 saturated heterocycles. The summed E-state index contributed by atoms with van der Waals surface area (Å²) in [5, 5.41) is 9.57. The van der Waals surface area contributed by atoms with Crippen molar-refractivity contribution in [3.05, 3.63) is 22.9 Å². The minimum Gasteiger partial charge on any atom is -0.342 e. The average Bonchev–Trinajstić information content (AvgIpc) is 2.83. The Morgan fingerprint density at radius 2 is 1.92 bits per heavy atom. The maximum absolute atomic E-state index is 12.7. The summed E-state index contributed by atoms with van der Waals surface area (Å²) >= 11 is 1.30. The van der Waals surface area contributed by atoms with Gasteiger partial charge in [0.25, 0.3) is 0 Å². The van der Waals surface area contributed by atoms with Gasteiger partial charge in [0.2, 0.25) is 5.91 Å². The van der Waals surface area contributed by atoms with Crippen molar-refractivity contribution in [3.8, 4) is 6.07 Å².